The predicted octanol–water partition coefficient (Wildman–Crippen LogP) is 0.471. The van der Waals surface area contributed by atoms with Gasteiger partial charge < -0.3 is 26.4 Å². The van der Waals surface area contributed by atoms with Crippen molar-refractivity contribution in [1.29, 1.82) is 0 Å². The number of carboxylic acids is 1. The third-order valence-corrected chi connectivity index (χ3v) is 5.35. The second-order valence-corrected chi connectivity index (χ2v) is 8.38. The van der Waals surface area contributed by atoms with E-state index in [0.29, 0.717) is 32.2 Å². The van der Waals surface area contributed by atoms with E-state index in [1.54, 1.807) is 0 Å². The smallest absolute Gasteiger partial charge is 0.326 e. The van der Waals surface area contributed by atoms with E-state index in [2.05, 4.69) is 10.6 Å². The van der Waals surface area contributed by atoms with Gasteiger partial charge in [-0.2, -0.15) is 0 Å². The van der Waals surface area contributed by atoms with Crippen LogP contribution in [0.4, 0.5) is 0 Å². The molecule has 3 amide bonds. The van der Waals surface area contributed by atoms with Crippen molar-refractivity contribution in [2.45, 2.75) is 84.5 Å². The first-order valence-electron chi connectivity index (χ1n) is 10.4. The second kappa shape index (κ2) is 11.1. The molecule has 0 spiro atoms. The first-order valence-corrected chi connectivity index (χ1v) is 10.4. The van der Waals surface area contributed by atoms with Gasteiger partial charge in [-0.3, -0.25) is 14.4 Å². The zero-order chi connectivity index (χ0) is 22.3. The fraction of sp³-hybridized carbons (Fsp3) is 0.800. The number of nitrogens with zero attached hydrogens (tertiary/aromatic N) is 1. The Hall–Kier alpha value is -2.16. The summed E-state index contributed by atoms with van der Waals surface area (Å²) in [7, 11) is 0. The maximum Gasteiger partial charge on any atom is 0.326 e. The van der Waals surface area contributed by atoms with E-state index in [0.717, 1.165) is 0 Å². The molecule has 0 aromatic rings. The molecule has 0 aromatic carbocycles. The van der Waals surface area contributed by atoms with Gasteiger partial charge in [0, 0.05) is 6.54 Å². The fourth-order valence-electron chi connectivity index (χ4n) is 3.41. The molecule has 9 nitrogen and oxygen atoms in total. The summed E-state index contributed by atoms with van der Waals surface area (Å²) in [5.41, 5.74) is 5.60. The van der Waals surface area contributed by atoms with E-state index in [4.69, 9.17) is 5.73 Å². The van der Waals surface area contributed by atoms with E-state index in [1.165, 1.54) is 11.8 Å². The molecule has 0 aromatic heterocycles. The molecule has 0 saturated carbocycles. The van der Waals surface area contributed by atoms with Crippen LogP contribution < -0.4 is 16.4 Å². The summed E-state index contributed by atoms with van der Waals surface area (Å²) >= 11 is 0. The van der Waals surface area contributed by atoms with Gasteiger partial charge >= 0.3 is 5.97 Å². The van der Waals surface area contributed by atoms with Crippen molar-refractivity contribution in [2.24, 2.45) is 17.6 Å². The second-order valence-electron chi connectivity index (χ2n) is 8.38. The van der Waals surface area contributed by atoms with Gasteiger partial charge in [-0.15, -0.1) is 0 Å². The Kier molecular flexibility index (Phi) is 9.55. The SMILES string of the molecule is CCC(C)C(NC(=O)C(CC(C)C)NC(=O)C(C)N)C(=O)N1CCCC1C(=O)O. The number of hydrogen-bond acceptors (Lipinski definition) is 5. The van der Waals surface area contributed by atoms with Crippen LogP contribution in [0.1, 0.15) is 60.3 Å². The molecule has 9 heteroatoms. The van der Waals surface area contributed by atoms with Crippen molar-refractivity contribution < 1.29 is 24.3 Å². The van der Waals surface area contributed by atoms with Gasteiger partial charge in [0.2, 0.25) is 17.7 Å². The van der Waals surface area contributed by atoms with Crippen molar-refractivity contribution in [3.63, 3.8) is 0 Å². The Morgan fingerprint density at radius 3 is 2.21 bits per heavy atom. The summed E-state index contributed by atoms with van der Waals surface area (Å²) in [5, 5.41) is 14.8. The topological polar surface area (TPSA) is 142 Å². The minimum atomic E-state index is -1.04. The number of aliphatic carboxylic acids is 1. The van der Waals surface area contributed by atoms with E-state index < -0.39 is 42.0 Å². The molecule has 0 aliphatic carbocycles. The number of carboxylic acid groups (broad SMARTS) is 1. The van der Waals surface area contributed by atoms with Crippen LogP contribution in [0.15, 0.2) is 0 Å². The van der Waals surface area contributed by atoms with Crippen LogP contribution in [0, 0.1) is 11.8 Å². The van der Waals surface area contributed by atoms with Gasteiger partial charge in [0.1, 0.15) is 18.1 Å². The molecule has 1 aliphatic heterocycles. The summed E-state index contributed by atoms with van der Waals surface area (Å²) in [4.78, 5) is 50.9. The largest absolute Gasteiger partial charge is 0.480 e. The lowest BCUT2D eigenvalue weighted by Crippen LogP contribution is -2.58. The number of likely N-dealkylation sites (tertiary alicyclic amines) is 1. The standard InChI is InChI=1S/C20H36N4O5/c1-6-12(4)16(19(27)24-9-7-8-15(24)20(28)29)23-18(26)14(10-11(2)3)22-17(25)13(5)21/h11-16H,6-10,21H2,1-5H3,(H,22,25)(H,23,26)(H,28,29). The van der Waals surface area contributed by atoms with Crippen LogP contribution >= 0.6 is 0 Å². The summed E-state index contributed by atoms with van der Waals surface area (Å²) in [6.07, 6.45) is 2.05. The monoisotopic (exact) mass is 412 g/mol. The zero-order valence-corrected chi connectivity index (χ0v) is 18.1. The molecule has 1 fully saturated rings. The van der Waals surface area contributed by atoms with Crippen LogP contribution in [0.2, 0.25) is 0 Å². The molecule has 5 atom stereocenters. The Balaban J connectivity index is 3.02. The molecular formula is C20H36N4O5. The highest BCUT2D eigenvalue weighted by molar-refractivity contribution is 5.94. The molecule has 1 rings (SSSR count). The molecular weight excluding hydrogens is 376 g/mol. The molecule has 0 radical (unpaired) electrons. The van der Waals surface area contributed by atoms with Crippen molar-refractivity contribution in [3.8, 4) is 0 Å². The Bertz CT molecular complexity index is 608. The predicted molar refractivity (Wildman–Crippen MR) is 109 cm³/mol. The molecule has 166 valence electrons. The highest BCUT2D eigenvalue weighted by Crippen LogP contribution is 2.21. The highest BCUT2D eigenvalue weighted by atomic mass is 16.4. The zero-order valence-electron chi connectivity index (χ0n) is 18.1. The van der Waals surface area contributed by atoms with E-state index in [1.807, 2.05) is 27.7 Å². The molecule has 0 bridgehead atoms. The molecule has 1 heterocycles. The maximum absolute atomic E-state index is 13.1. The van der Waals surface area contributed by atoms with Crippen molar-refractivity contribution in [1.82, 2.24) is 15.5 Å². The highest BCUT2D eigenvalue weighted by Gasteiger charge is 2.39. The Morgan fingerprint density at radius 2 is 1.72 bits per heavy atom. The summed E-state index contributed by atoms with van der Waals surface area (Å²) in [6.45, 7) is 9.49. The van der Waals surface area contributed by atoms with Crippen LogP contribution in [-0.2, 0) is 19.2 Å². The van der Waals surface area contributed by atoms with Crippen LogP contribution in [0.25, 0.3) is 0 Å². The third-order valence-electron chi connectivity index (χ3n) is 5.35. The van der Waals surface area contributed by atoms with Crippen LogP contribution in [0.3, 0.4) is 0 Å². The number of nitrogens with one attached hydrogen (secondary N) is 2. The Labute approximate surface area is 172 Å². The maximum atomic E-state index is 13.1. The van der Waals surface area contributed by atoms with E-state index in [-0.39, 0.29) is 17.7 Å². The lowest BCUT2D eigenvalue weighted by atomic mass is 9.96. The molecule has 5 N–H and O–H groups in total. The van der Waals surface area contributed by atoms with Gasteiger partial charge in [0.05, 0.1) is 6.04 Å². The van der Waals surface area contributed by atoms with E-state index >= 15 is 0 Å². The normalized spacial score (nSPS) is 20.7. The molecule has 29 heavy (non-hydrogen) atoms. The fourth-order valence-corrected chi connectivity index (χ4v) is 3.41. The average Bonchev–Trinajstić information content (AvgIpc) is 3.13. The van der Waals surface area contributed by atoms with Gasteiger partial charge in [0.25, 0.3) is 0 Å². The van der Waals surface area contributed by atoms with Gasteiger partial charge in [-0.25, -0.2) is 4.79 Å². The molecule has 1 aliphatic rings. The van der Waals surface area contributed by atoms with Gasteiger partial charge in [-0.1, -0.05) is 34.1 Å². The van der Waals surface area contributed by atoms with Crippen molar-refractivity contribution >= 4 is 23.7 Å². The van der Waals surface area contributed by atoms with Crippen molar-refractivity contribution in [3.05, 3.63) is 0 Å². The lowest BCUT2D eigenvalue weighted by Gasteiger charge is -2.32. The minimum Gasteiger partial charge on any atom is -0.480 e. The average molecular weight is 413 g/mol. The number of carbonyl (C=O) groups excluding carboxylic acids is 3. The number of hydrogen-bond donors (Lipinski definition) is 4. The first-order chi connectivity index (χ1) is 13.5. The number of nitrogens with two attached hydrogens (primary N) is 1. The Morgan fingerprint density at radius 1 is 1.10 bits per heavy atom. The quantitative estimate of drug-likeness (QED) is 0.411. The third kappa shape index (κ3) is 6.99. The van der Waals surface area contributed by atoms with Gasteiger partial charge in [0.15, 0.2) is 0 Å². The minimum absolute atomic E-state index is 0.131. The number of rotatable bonds is 10. The number of amides is 3. The van der Waals surface area contributed by atoms with Gasteiger partial charge in [-0.05, 0) is 38.0 Å². The molecule has 1 saturated heterocycles. The summed E-state index contributed by atoms with van der Waals surface area (Å²) in [5.74, 6) is -2.39. The van der Waals surface area contributed by atoms with Crippen molar-refractivity contribution in [2.75, 3.05) is 6.54 Å². The molecule has 5 unspecified atom stereocenters. The van der Waals surface area contributed by atoms with Crippen LogP contribution in [0.5, 0.6) is 0 Å². The lowest BCUT2D eigenvalue weighted by molar-refractivity contribution is -0.150. The summed E-state index contributed by atoms with van der Waals surface area (Å²) < 4.78 is 0. The van der Waals surface area contributed by atoms with E-state index in [9.17, 15) is 24.3 Å². The summed E-state index contributed by atoms with van der Waals surface area (Å²) in [6, 6.07) is -3.29. The number of carbonyl (C=O) groups is 4. The first kappa shape index (κ1) is 24.9. The van der Waals surface area contributed by atoms with Crippen LogP contribution in [-0.4, -0.2) is 64.4 Å².